The van der Waals surface area contributed by atoms with E-state index in [2.05, 4.69) is 15.2 Å². The summed E-state index contributed by atoms with van der Waals surface area (Å²) in [6.45, 7) is 4.60. The molecule has 7 heteroatoms. The first-order valence-corrected chi connectivity index (χ1v) is 8.89. The van der Waals surface area contributed by atoms with Crippen LogP contribution >= 0.6 is 0 Å². The molecular formula is C20H20FN5O. The van der Waals surface area contributed by atoms with Crippen LogP contribution < -0.4 is 4.90 Å². The third-order valence-corrected chi connectivity index (χ3v) is 4.77. The van der Waals surface area contributed by atoms with Gasteiger partial charge in [-0.15, -0.1) is 5.10 Å². The maximum Gasteiger partial charge on any atom is 0.276 e. The molecule has 0 atom stereocenters. The largest absolute Gasteiger partial charge is 0.368 e. The summed E-state index contributed by atoms with van der Waals surface area (Å²) >= 11 is 0. The number of nitrogens with zero attached hydrogens (tertiary/aromatic N) is 5. The Morgan fingerprint density at radius 1 is 0.926 bits per heavy atom. The topological polar surface area (TPSA) is 54.3 Å². The first kappa shape index (κ1) is 17.2. The molecule has 0 radical (unpaired) electrons. The minimum absolute atomic E-state index is 0.118. The number of rotatable bonds is 3. The van der Waals surface area contributed by atoms with E-state index in [1.807, 2.05) is 31.2 Å². The van der Waals surface area contributed by atoms with Crippen molar-refractivity contribution in [3.8, 4) is 5.69 Å². The highest BCUT2D eigenvalue weighted by Crippen LogP contribution is 2.18. The lowest BCUT2D eigenvalue weighted by Gasteiger charge is -2.35. The molecule has 27 heavy (non-hydrogen) atoms. The zero-order valence-corrected chi connectivity index (χ0v) is 15.0. The van der Waals surface area contributed by atoms with Crippen molar-refractivity contribution in [2.75, 3.05) is 31.1 Å². The number of hydrogen-bond acceptors (Lipinski definition) is 4. The van der Waals surface area contributed by atoms with Gasteiger partial charge in [0.05, 0.1) is 11.9 Å². The lowest BCUT2D eigenvalue weighted by atomic mass is 10.2. The number of halogens is 1. The zero-order chi connectivity index (χ0) is 18.8. The Labute approximate surface area is 156 Å². The third-order valence-electron chi connectivity index (χ3n) is 4.77. The van der Waals surface area contributed by atoms with Gasteiger partial charge in [-0.3, -0.25) is 4.79 Å². The van der Waals surface area contributed by atoms with Crippen LogP contribution in [0.4, 0.5) is 10.1 Å². The van der Waals surface area contributed by atoms with Crippen molar-refractivity contribution in [1.82, 2.24) is 19.9 Å². The van der Waals surface area contributed by atoms with Gasteiger partial charge in [0, 0.05) is 31.9 Å². The fraction of sp³-hybridized carbons (Fsp3) is 0.250. The van der Waals surface area contributed by atoms with Gasteiger partial charge < -0.3 is 9.80 Å². The second kappa shape index (κ2) is 7.19. The lowest BCUT2D eigenvalue weighted by molar-refractivity contribution is 0.0741. The third kappa shape index (κ3) is 3.67. The number of aryl methyl sites for hydroxylation is 1. The van der Waals surface area contributed by atoms with Gasteiger partial charge in [0.1, 0.15) is 5.82 Å². The van der Waals surface area contributed by atoms with Crippen molar-refractivity contribution in [2.24, 2.45) is 0 Å². The molecular weight excluding hydrogens is 345 g/mol. The van der Waals surface area contributed by atoms with Crippen LogP contribution in [0, 0.1) is 12.7 Å². The summed E-state index contributed by atoms with van der Waals surface area (Å²) in [5.74, 6) is -0.364. The number of benzene rings is 2. The molecule has 138 valence electrons. The van der Waals surface area contributed by atoms with E-state index in [4.69, 9.17) is 0 Å². The molecule has 0 bridgehead atoms. The van der Waals surface area contributed by atoms with Crippen LogP contribution in [0.5, 0.6) is 0 Å². The van der Waals surface area contributed by atoms with E-state index in [0.29, 0.717) is 31.9 Å². The van der Waals surface area contributed by atoms with E-state index in [1.165, 1.54) is 12.1 Å². The molecule has 0 saturated carbocycles. The zero-order valence-electron chi connectivity index (χ0n) is 15.0. The fourth-order valence-corrected chi connectivity index (χ4v) is 3.17. The van der Waals surface area contributed by atoms with Crippen LogP contribution in [0.3, 0.4) is 0 Å². The molecule has 4 rings (SSSR count). The summed E-state index contributed by atoms with van der Waals surface area (Å²) in [4.78, 5) is 16.7. The van der Waals surface area contributed by atoms with Crippen molar-refractivity contribution in [3.05, 3.63) is 71.8 Å². The predicted octanol–water partition coefficient (Wildman–Crippen LogP) is 2.68. The summed E-state index contributed by atoms with van der Waals surface area (Å²) < 4.78 is 14.7. The Hall–Kier alpha value is -3.22. The number of piperazine rings is 1. The average molecular weight is 365 g/mol. The molecule has 1 aromatic heterocycles. The molecule has 0 N–H and O–H groups in total. The van der Waals surface area contributed by atoms with Crippen LogP contribution in [0.15, 0.2) is 54.7 Å². The summed E-state index contributed by atoms with van der Waals surface area (Å²) in [5, 5.41) is 8.12. The Morgan fingerprint density at radius 3 is 2.22 bits per heavy atom. The molecule has 1 saturated heterocycles. The van der Waals surface area contributed by atoms with Gasteiger partial charge in [0.15, 0.2) is 5.69 Å². The van der Waals surface area contributed by atoms with Gasteiger partial charge in [-0.25, -0.2) is 9.07 Å². The fourth-order valence-electron chi connectivity index (χ4n) is 3.17. The normalized spacial score (nSPS) is 14.4. The van der Waals surface area contributed by atoms with Crippen molar-refractivity contribution in [3.63, 3.8) is 0 Å². The van der Waals surface area contributed by atoms with Gasteiger partial charge >= 0.3 is 0 Å². The quantitative estimate of drug-likeness (QED) is 0.716. The summed E-state index contributed by atoms with van der Waals surface area (Å²) in [7, 11) is 0. The molecule has 2 heterocycles. The van der Waals surface area contributed by atoms with E-state index >= 15 is 0 Å². The smallest absolute Gasteiger partial charge is 0.276 e. The van der Waals surface area contributed by atoms with Crippen LogP contribution in [-0.4, -0.2) is 52.0 Å². The number of amides is 1. The highest BCUT2D eigenvalue weighted by Gasteiger charge is 2.24. The highest BCUT2D eigenvalue weighted by molar-refractivity contribution is 5.92. The van der Waals surface area contributed by atoms with Gasteiger partial charge in [0.25, 0.3) is 5.91 Å². The second-order valence-electron chi connectivity index (χ2n) is 6.64. The predicted molar refractivity (Wildman–Crippen MR) is 101 cm³/mol. The molecule has 0 unspecified atom stereocenters. The standard InChI is InChI=1S/C20H20FN5O/c1-15-2-6-18(7-3-15)26-14-19(22-23-26)20(27)25-12-10-24(11-13-25)17-8-4-16(21)5-9-17/h2-9,14H,10-13H2,1H3. The first-order valence-electron chi connectivity index (χ1n) is 8.89. The monoisotopic (exact) mass is 365 g/mol. The Morgan fingerprint density at radius 2 is 1.56 bits per heavy atom. The van der Waals surface area contributed by atoms with Crippen LogP contribution in [0.2, 0.25) is 0 Å². The second-order valence-corrected chi connectivity index (χ2v) is 6.64. The molecule has 1 amide bonds. The van der Waals surface area contributed by atoms with E-state index in [-0.39, 0.29) is 11.7 Å². The first-order chi connectivity index (χ1) is 13.1. The van der Waals surface area contributed by atoms with E-state index in [1.54, 1.807) is 27.9 Å². The van der Waals surface area contributed by atoms with Crippen molar-refractivity contribution in [2.45, 2.75) is 6.92 Å². The maximum absolute atomic E-state index is 13.1. The Bertz CT molecular complexity index is 928. The van der Waals surface area contributed by atoms with E-state index in [9.17, 15) is 9.18 Å². The summed E-state index contributed by atoms with van der Waals surface area (Å²) in [5.41, 5.74) is 3.34. The van der Waals surface area contributed by atoms with Gasteiger partial charge in [-0.05, 0) is 43.3 Å². The van der Waals surface area contributed by atoms with Crippen molar-refractivity contribution >= 4 is 11.6 Å². The molecule has 6 nitrogen and oxygen atoms in total. The van der Waals surface area contributed by atoms with E-state index in [0.717, 1.165) is 16.9 Å². The van der Waals surface area contributed by atoms with Crippen molar-refractivity contribution in [1.29, 1.82) is 0 Å². The maximum atomic E-state index is 13.1. The van der Waals surface area contributed by atoms with Crippen LogP contribution in [0.25, 0.3) is 5.69 Å². The summed E-state index contributed by atoms with van der Waals surface area (Å²) in [6, 6.07) is 14.3. The Balaban J connectivity index is 1.41. The molecule has 2 aromatic carbocycles. The highest BCUT2D eigenvalue weighted by atomic mass is 19.1. The van der Waals surface area contributed by atoms with Crippen LogP contribution in [0.1, 0.15) is 16.1 Å². The van der Waals surface area contributed by atoms with Crippen molar-refractivity contribution < 1.29 is 9.18 Å². The number of carbonyl (C=O) groups is 1. The Kier molecular flexibility index (Phi) is 4.58. The summed E-state index contributed by atoms with van der Waals surface area (Å²) in [6.07, 6.45) is 1.67. The van der Waals surface area contributed by atoms with Gasteiger partial charge in [0.2, 0.25) is 0 Å². The molecule has 0 spiro atoms. The molecule has 1 aliphatic rings. The van der Waals surface area contributed by atoms with Gasteiger partial charge in [-0.2, -0.15) is 0 Å². The average Bonchev–Trinajstić information content (AvgIpc) is 3.19. The number of anilines is 1. The minimum Gasteiger partial charge on any atom is -0.368 e. The number of carbonyl (C=O) groups excluding carboxylic acids is 1. The number of aromatic nitrogens is 3. The van der Waals surface area contributed by atoms with Gasteiger partial charge in [-0.1, -0.05) is 22.9 Å². The molecule has 1 aliphatic heterocycles. The number of hydrogen-bond donors (Lipinski definition) is 0. The molecule has 0 aliphatic carbocycles. The lowest BCUT2D eigenvalue weighted by Crippen LogP contribution is -2.48. The molecule has 3 aromatic rings. The SMILES string of the molecule is Cc1ccc(-n2cc(C(=O)N3CCN(c4ccc(F)cc4)CC3)nn2)cc1. The minimum atomic E-state index is -0.246. The van der Waals surface area contributed by atoms with Crippen LogP contribution in [-0.2, 0) is 0 Å². The molecule has 1 fully saturated rings. The van der Waals surface area contributed by atoms with E-state index < -0.39 is 0 Å².